The van der Waals surface area contributed by atoms with Crippen molar-refractivity contribution in [1.82, 2.24) is 14.8 Å². The van der Waals surface area contributed by atoms with Gasteiger partial charge in [-0.15, -0.1) is 0 Å². The Bertz CT molecular complexity index is 773. The second-order valence-corrected chi connectivity index (χ2v) is 4.80. The topological polar surface area (TPSA) is 59.8 Å². The second kappa shape index (κ2) is 5.75. The number of hydrogen-bond acceptors (Lipinski definition) is 3. The number of pyridine rings is 1. The molecule has 2 heterocycles. The number of carbonyl (C=O) groups is 1. The summed E-state index contributed by atoms with van der Waals surface area (Å²) in [7, 11) is 0. The first-order chi connectivity index (χ1) is 10.3. The number of fused-ring (bicyclic) bond motifs is 1. The molecule has 2 aromatic heterocycles. The third kappa shape index (κ3) is 2.76. The molecule has 1 amide bonds. The molecular weight excluding hydrogens is 264 g/mol. The minimum Gasteiger partial charge on any atom is -0.319 e. The van der Waals surface area contributed by atoms with Crippen LogP contribution in [0.2, 0.25) is 0 Å². The summed E-state index contributed by atoms with van der Waals surface area (Å²) in [4.78, 5) is 16.6. The second-order valence-electron chi connectivity index (χ2n) is 4.80. The molecule has 1 aromatic carbocycles. The quantitative estimate of drug-likeness (QED) is 0.799. The van der Waals surface area contributed by atoms with E-state index in [0.717, 1.165) is 23.9 Å². The summed E-state index contributed by atoms with van der Waals surface area (Å²) in [6, 6.07) is 11.3. The lowest BCUT2D eigenvalue weighted by Gasteiger charge is -2.06. The van der Waals surface area contributed by atoms with Crippen molar-refractivity contribution in [2.75, 3.05) is 5.32 Å². The summed E-state index contributed by atoms with van der Waals surface area (Å²) >= 11 is 0. The molecule has 3 aromatic rings. The van der Waals surface area contributed by atoms with Crippen LogP contribution in [0.3, 0.4) is 0 Å². The first-order valence-corrected chi connectivity index (χ1v) is 6.96. The normalized spacial score (nSPS) is 10.7. The molecule has 0 radical (unpaired) electrons. The molecular formula is C16H16N4O. The average Bonchev–Trinajstić information content (AvgIpc) is 2.97. The van der Waals surface area contributed by atoms with E-state index in [9.17, 15) is 4.79 Å². The first-order valence-electron chi connectivity index (χ1n) is 6.96. The van der Waals surface area contributed by atoms with Gasteiger partial charge < -0.3 is 5.32 Å². The van der Waals surface area contributed by atoms with Gasteiger partial charge in [-0.05, 0) is 24.6 Å². The molecule has 0 fully saturated rings. The molecule has 0 atom stereocenters. The van der Waals surface area contributed by atoms with Gasteiger partial charge >= 0.3 is 0 Å². The van der Waals surface area contributed by atoms with E-state index >= 15 is 0 Å². The number of amides is 1. The largest absolute Gasteiger partial charge is 0.319 e. The monoisotopic (exact) mass is 280 g/mol. The van der Waals surface area contributed by atoms with Crippen molar-refractivity contribution in [2.45, 2.75) is 19.9 Å². The van der Waals surface area contributed by atoms with Crippen molar-refractivity contribution in [3.63, 3.8) is 0 Å². The van der Waals surface area contributed by atoms with Crippen LogP contribution >= 0.6 is 0 Å². The van der Waals surface area contributed by atoms with Crippen LogP contribution < -0.4 is 5.32 Å². The maximum absolute atomic E-state index is 12.3. The van der Waals surface area contributed by atoms with Gasteiger partial charge in [-0.3, -0.25) is 14.5 Å². The lowest BCUT2D eigenvalue weighted by atomic mass is 10.2. The molecule has 0 aliphatic carbocycles. The highest BCUT2D eigenvalue weighted by Crippen LogP contribution is 2.21. The molecule has 0 aliphatic heterocycles. The van der Waals surface area contributed by atoms with E-state index in [2.05, 4.69) is 22.3 Å². The number of aromatic nitrogens is 3. The molecule has 21 heavy (non-hydrogen) atoms. The predicted octanol–water partition coefficient (Wildman–Crippen LogP) is 3.09. The van der Waals surface area contributed by atoms with Crippen LogP contribution in [-0.4, -0.2) is 20.7 Å². The van der Waals surface area contributed by atoms with Crippen molar-refractivity contribution >= 4 is 22.5 Å². The molecule has 106 valence electrons. The third-order valence-corrected chi connectivity index (χ3v) is 3.21. The molecule has 0 saturated heterocycles. The number of benzene rings is 1. The minimum atomic E-state index is -0.219. The lowest BCUT2D eigenvalue weighted by molar-refractivity contribution is 0.102. The Morgan fingerprint density at radius 1 is 1.24 bits per heavy atom. The fourth-order valence-corrected chi connectivity index (χ4v) is 2.23. The van der Waals surface area contributed by atoms with E-state index in [0.29, 0.717) is 11.4 Å². The summed E-state index contributed by atoms with van der Waals surface area (Å²) in [5, 5.41) is 8.13. The van der Waals surface area contributed by atoms with Gasteiger partial charge in [0.1, 0.15) is 0 Å². The Kier molecular flexibility index (Phi) is 3.64. The van der Waals surface area contributed by atoms with E-state index in [1.165, 1.54) is 0 Å². The van der Waals surface area contributed by atoms with Crippen molar-refractivity contribution in [1.29, 1.82) is 0 Å². The Morgan fingerprint density at radius 3 is 2.95 bits per heavy atom. The van der Waals surface area contributed by atoms with Gasteiger partial charge in [0.05, 0.1) is 11.2 Å². The van der Waals surface area contributed by atoms with Crippen molar-refractivity contribution < 1.29 is 4.79 Å². The van der Waals surface area contributed by atoms with Gasteiger partial charge in [0.25, 0.3) is 5.91 Å². The van der Waals surface area contributed by atoms with Crippen molar-refractivity contribution in [2.24, 2.45) is 0 Å². The van der Waals surface area contributed by atoms with Crippen LogP contribution in [0.5, 0.6) is 0 Å². The van der Waals surface area contributed by atoms with Crippen molar-refractivity contribution in [3.05, 3.63) is 54.5 Å². The molecule has 0 unspecified atom stereocenters. The van der Waals surface area contributed by atoms with Gasteiger partial charge in [0.2, 0.25) is 0 Å². The SMILES string of the molecule is CCCn1ccc(C(=O)Nc2cccc3cccnc23)n1. The van der Waals surface area contributed by atoms with Crippen LogP contribution in [0.15, 0.2) is 48.8 Å². The molecule has 0 saturated carbocycles. The number of anilines is 1. The minimum absolute atomic E-state index is 0.219. The van der Waals surface area contributed by atoms with Gasteiger partial charge in [-0.25, -0.2) is 0 Å². The number of nitrogens with one attached hydrogen (secondary N) is 1. The van der Waals surface area contributed by atoms with Crippen LogP contribution in [0.4, 0.5) is 5.69 Å². The van der Waals surface area contributed by atoms with Gasteiger partial charge in [-0.2, -0.15) is 5.10 Å². The third-order valence-electron chi connectivity index (χ3n) is 3.21. The zero-order valence-corrected chi connectivity index (χ0v) is 11.8. The molecule has 5 heteroatoms. The molecule has 3 rings (SSSR count). The maximum Gasteiger partial charge on any atom is 0.276 e. The summed E-state index contributed by atoms with van der Waals surface area (Å²) in [6.07, 6.45) is 4.52. The van der Waals surface area contributed by atoms with E-state index < -0.39 is 0 Å². The van der Waals surface area contributed by atoms with Crippen LogP contribution in [0.25, 0.3) is 10.9 Å². The summed E-state index contributed by atoms with van der Waals surface area (Å²) in [6.45, 7) is 2.88. The van der Waals surface area contributed by atoms with Gasteiger partial charge in [0.15, 0.2) is 5.69 Å². The number of carbonyl (C=O) groups excluding carboxylic acids is 1. The van der Waals surface area contributed by atoms with E-state index in [4.69, 9.17) is 0 Å². The first kappa shape index (κ1) is 13.3. The summed E-state index contributed by atoms with van der Waals surface area (Å²) in [5.41, 5.74) is 1.89. The van der Waals surface area contributed by atoms with E-state index in [1.807, 2.05) is 36.5 Å². The average molecular weight is 280 g/mol. The Morgan fingerprint density at radius 2 is 2.10 bits per heavy atom. The maximum atomic E-state index is 12.3. The van der Waals surface area contributed by atoms with Crippen LogP contribution in [-0.2, 0) is 6.54 Å². The highest BCUT2D eigenvalue weighted by Gasteiger charge is 2.11. The predicted molar refractivity (Wildman–Crippen MR) is 82.2 cm³/mol. The van der Waals surface area contributed by atoms with E-state index in [-0.39, 0.29) is 5.91 Å². The Hall–Kier alpha value is -2.69. The highest BCUT2D eigenvalue weighted by molar-refractivity contribution is 6.07. The standard InChI is InChI=1S/C16H16N4O/c1-2-10-20-11-8-14(19-20)16(21)18-13-7-3-5-12-6-4-9-17-15(12)13/h3-9,11H,2,10H2,1H3,(H,18,21). The summed E-state index contributed by atoms with van der Waals surface area (Å²) < 4.78 is 1.77. The number of aryl methyl sites for hydroxylation is 1. The van der Waals surface area contributed by atoms with Crippen LogP contribution in [0.1, 0.15) is 23.8 Å². The zero-order valence-electron chi connectivity index (χ0n) is 11.8. The van der Waals surface area contributed by atoms with Gasteiger partial charge in [-0.1, -0.05) is 25.1 Å². The zero-order chi connectivity index (χ0) is 14.7. The van der Waals surface area contributed by atoms with Gasteiger partial charge in [0, 0.05) is 24.3 Å². The molecule has 1 N–H and O–H groups in total. The highest BCUT2D eigenvalue weighted by atomic mass is 16.1. The number of para-hydroxylation sites is 1. The molecule has 5 nitrogen and oxygen atoms in total. The fourth-order valence-electron chi connectivity index (χ4n) is 2.23. The molecule has 0 aliphatic rings. The number of nitrogens with zero attached hydrogens (tertiary/aromatic N) is 3. The Labute approximate surface area is 122 Å². The molecule has 0 bridgehead atoms. The number of rotatable bonds is 4. The van der Waals surface area contributed by atoms with Crippen LogP contribution in [0, 0.1) is 0 Å². The fraction of sp³-hybridized carbons (Fsp3) is 0.188. The van der Waals surface area contributed by atoms with E-state index in [1.54, 1.807) is 16.9 Å². The summed E-state index contributed by atoms with van der Waals surface area (Å²) in [5.74, 6) is -0.219. The van der Waals surface area contributed by atoms with Crippen molar-refractivity contribution in [3.8, 4) is 0 Å². The Balaban J connectivity index is 1.85. The lowest BCUT2D eigenvalue weighted by Crippen LogP contribution is -2.14. The molecule has 0 spiro atoms. The number of hydrogen-bond donors (Lipinski definition) is 1. The smallest absolute Gasteiger partial charge is 0.276 e.